The molecule has 0 spiro atoms. The number of ether oxygens (including phenoxy) is 1. The van der Waals surface area contributed by atoms with Crippen LogP contribution in [0, 0.1) is 18.3 Å². The van der Waals surface area contributed by atoms with Crippen LogP contribution in [0.2, 0.25) is 0 Å². The quantitative estimate of drug-likeness (QED) is 0.755. The van der Waals surface area contributed by atoms with E-state index in [1.54, 1.807) is 20.1 Å². The highest BCUT2D eigenvalue weighted by molar-refractivity contribution is 7.17. The standard InChI is InChI=1S/C19H14N2O3S/c1-11-17(19(22)23)25-18(21-11)13-5-8-16(14(9-13)10-20)12-3-6-15(24-2)7-4-12/h3-9H,1-2H3,(H,22,23). The molecule has 0 bridgehead atoms. The smallest absolute Gasteiger partial charge is 0.347 e. The van der Waals surface area contributed by atoms with Crippen LogP contribution in [-0.2, 0) is 0 Å². The van der Waals surface area contributed by atoms with Gasteiger partial charge in [-0.3, -0.25) is 0 Å². The lowest BCUT2D eigenvalue weighted by atomic mass is 9.98. The highest BCUT2D eigenvalue weighted by Crippen LogP contribution is 2.32. The summed E-state index contributed by atoms with van der Waals surface area (Å²) in [4.78, 5) is 15.7. The summed E-state index contributed by atoms with van der Waals surface area (Å²) in [6.45, 7) is 1.67. The van der Waals surface area contributed by atoms with Crippen molar-refractivity contribution in [2.45, 2.75) is 6.92 Å². The van der Waals surface area contributed by atoms with Crippen molar-refractivity contribution >= 4 is 17.3 Å². The summed E-state index contributed by atoms with van der Waals surface area (Å²) in [6.07, 6.45) is 0. The Balaban J connectivity index is 2.04. The molecule has 1 heterocycles. The molecule has 0 aliphatic rings. The molecule has 1 aromatic heterocycles. The molecule has 124 valence electrons. The van der Waals surface area contributed by atoms with Gasteiger partial charge in [0.2, 0.25) is 0 Å². The second-order valence-electron chi connectivity index (χ2n) is 5.34. The van der Waals surface area contributed by atoms with Crippen LogP contribution in [0.4, 0.5) is 0 Å². The lowest BCUT2D eigenvalue weighted by molar-refractivity contribution is 0.0701. The number of methoxy groups -OCH3 is 1. The number of rotatable bonds is 4. The minimum Gasteiger partial charge on any atom is -0.497 e. The first-order valence-corrected chi connectivity index (χ1v) is 8.25. The number of carbonyl (C=O) groups is 1. The largest absolute Gasteiger partial charge is 0.497 e. The fourth-order valence-corrected chi connectivity index (χ4v) is 3.41. The molecule has 25 heavy (non-hydrogen) atoms. The molecule has 0 saturated heterocycles. The lowest BCUT2D eigenvalue weighted by Crippen LogP contribution is -1.94. The summed E-state index contributed by atoms with van der Waals surface area (Å²) in [5, 5.41) is 19.3. The van der Waals surface area contributed by atoms with Crippen LogP contribution >= 0.6 is 11.3 Å². The van der Waals surface area contributed by atoms with Crippen molar-refractivity contribution in [1.29, 1.82) is 5.26 Å². The van der Waals surface area contributed by atoms with Crippen LogP contribution in [0.1, 0.15) is 20.9 Å². The SMILES string of the molecule is COc1ccc(-c2ccc(-c3nc(C)c(C(=O)O)s3)cc2C#N)cc1. The van der Waals surface area contributed by atoms with Crippen molar-refractivity contribution in [2.75, 3.05) is 7.11 Å². The third-order valence-corrected chi connectivity index (χ3v) is 4.97. The molecule has 3 aromatic rings. The van der Waals surface area contributed by atoms with E-state index < -0.39 is 5.97 Å². The second-order valence-corrected chi connectivity index (χ2v) is 6.34. The van der Waals surface area contributed by atoms with E-state index in [0.717, 1.165) is 33.8 Å². The Labute approximate surface area is 148 Å². The first kappa shape index (κ1) is 16.7. The van der Waals surface area contributed by atoms with Crippen LogP contribution in [-0.4, -0.2) is 23.2 Å². The van der Waals surface area contributed by atoms with Gasteiger partial charge in [0, 0.05) is 5.56 Å². The number of aromatic carboxylic acids is 1. The Morgan fingerprint density at radius 2 is 1.88 bits per heavy atom. The number of nitriles is 1. The topological polar surface area (TPSA) is 83.2 Å². The van der Waals surface area contributed by atoms with E-state index in [9.17, 15) is 15.2 Å². The summed E-state index contributed by atoms with van der Waals surface area (Å²) in [5.74, 6) is -0.241. The molecule has 5 nitrogen and oxygen atoms in total. The molecule has 3 rings (SSSR count). The van der Waals surface area contributed by atoms with Gasteiger partial charge in [-0.25, -0.2) is 9.78 Å². The third-order valence-electron chi connectivity index (χ3n) is 3.78. The Bertz CT molecular complexity index is 985. The van der Waals surface area contributed by atoms with Crippen molar-refractivity contribution in [3.63, 3.8) is 0 Å². The van der Waals surface area contributed by atoms with Gasteiger partial charge >= 0.3 is 5.97 Å². The summed E-state index contributed by atoms with van der Waals surface area (Å²) < 4.78 is 5.15. The van der Waals surface area contributed by atoms with Gasteiger partial charge in [-0.05, 0) is 36.2 Å². The van der Waals surface area contributed by atoms with Crippen molar-refractivity contribution in [3.05, 3.63) is 58.6 Å². The average molecular weight is 350 g/mol. The van der Waals surface area contributed by atoms with Crippen LogP contribution in [0.5, 0.6) is 5.75 Å². The Kier molecular flexibility index (Phi) is 4.50. The van der Waals surface area contributed by atoms with E-state index in [-0.39, 0.29) is 4.88 Å². The number of nitrogens with zero attached hydrogens (tertiary/aromatic N) is 2. The van der Waals surface area contributed by atoms with Gasteiger partial charge < -0.3 is 9.84 Å². The molecule has 0 fully saturated rings. The number of hydrogen-bond acceptors (Lipinski definition) is 5. The Hall–Kier alpha value is -3.17. The van der Waals surface area contributed by atoms with Crippen LogP contribution in [0.3, 0.4) is 0 Å². The van der Waals surface area contributed by atoms with E-state index in [1.807, 2.05) is 36.4 Å². The summed E-state index contributed by atoms with van der Waals surface area (Å²) in [5.41, 5.74) is 3.43. The first-order chi connectivity index (χ1) is 12.0. The van der Waals surface area contributed by atoms with Gasteiger partial charge in [0.15, 0.2) is 0 Å². The zero-order valence-corrected chi connectivity index (χ0v) is 14.4. The van der Waals surface area contributed by atoms with E-state index in [2.05, 4.69) is 11.1 Å². The summed E-state index contributed by atoms with van der Waals surface area (Å²) in [6, 6.07) is 15.1. The van der Waals surface area contributed by atoms with Crippen LogP contribution in [0.25, 0.3) is 21.7 Å². The molecular formula is C19H14N2O3S. The number of carboxylic acid groups (broad SMARTS) is 1. The number of benzene rings is 2. The fraction of sp³-hybridized carbons (Fsp3) is 0.105. The van der Waals surface area contributed by atoms with Crippen molar-refractivity contribution in [3.8, 4) is 33.5 Å². The van der Waals surface area contributed by atoms with Crippen LogP contribution in [0.15, 0.2) is 42.5 Å². The van der Waals surface area contributed by atoms with Gasteiger partial charge in [-0.1, -0.05) is 24.3 Å². The normalized spacial score (nSPS) is 10.3. The van der Waals surface area contributed by atoms with Gasteiger partial charge in [0.1, 0.15) is 15.6 Å². The van der Waals surface area contributed by atoms with E-state index in [0.29, 0.717) is 16.3 Å². The number of carboxylic acids is 1. The lowest BCUT2D eigenvalue weighted by Gasteiger charge is -2.07. The first-order valence-electron chi connectivity index (χ1n) is 7.43. The molecule has 0 unspecified atom stereocenters. The summed E-state index contributed by atoms with van der Waals surface area (Å²) >= 11 is 1.11. The molecule has 2 aromatic carbocycles. The molecule has 0 amide bonds. The number of thiazole rings is 1. The Morgan fingerprint density at radius 1 is 1.20 bits per heavy atom. The molecule has 6 heteroatoms. The number of hydrogen-bond donors (Lipinski definition) is 1. The molecule has 1 N–H and O–H groups in total. The van der Waals surface area contributed by atoms with Gasteiger partial charge in [-0.15, -0.1) is 11.3 Å². The summed E-state index contributed by atoms with van der Waals surface area (Å²) in [7, 11) is 1.60. The van der Waals surface area contributed by atoms with Gasteiger partial charge in [0.25, 0.3) is 0 Å². The van der Waals surface area contributed by atoms with Crippen molar-refractivity contribution in [2.24, 2.45) is 0 Å². The molecule has 0 aliphatic heterocycles. The van der Waals surface area contributed by atoms with E-state index in [4.69, 9.17) is 4.74 Å². The Morgan fingerprint density at radius 3 is 2.44 bits per heavy atom. The predicted molar refractivity (Wildman–Crippen MR) is 95.9 cm³/mol. The maximum absolute atomic E-state index is 11.2. The minimum absolute atomic E-state index is 0.215. The third kappa shape index (κ3) is 3.23. The monoisotopic (exact) mass is 350 g/mol. The van der Waals surface area contributed by atoms with Gasteiger partial charge in [-0.2, -0.15) is 5.26 Å². The minimum atomic E-state index is -0.989. The molecular weight excluding hydrogens is 336 g/mol. The highest BCUT2D eigenvalue weighted by Gasteiger charge is 2.16. The molecule has 0 aliphatic carbocycles. The van der Waals surface area contributed by atoms with E-state index >= 15 is 0 Å². The zero-order valence-electron chi connectivity index (χ0n) is 13.6. The average Bonchev–Trinajstić information content (AvgIpc) is 3.03. The predicted octanol–water partition coefficient (Wildman–Crippen LogP) is 4.36. The maximum atomic E-state index is 11.2. The number of aryl methyl sites for hydroxylation is 1. The number of aromatic nitrogens is 1. The van der Waals surface area contributed by atoms with E-state index in [1.165, 1.54) is 0 Å². The van der Waals surface area contributed by atoms with Crippen molar-refractivity contribution < 1.29 is 14.6 Å². The molecule has 0 saturated carbocycles. The highest BCUT2D eigenvalue weighted by atomic mass is 32.1. The van der Waals surface area contributed by atoms with Crippen LogP contribution < -0.4 is 4.74 Å². The second kappa shape index (κ2) is 6.75. The maximum Gasteiger partial charge on any atom is 0.347 e. The van der Waals surface area contributed by atoms with Crippen molar-refractivity contribution in [1.82, 2.24) is 4.98 Å². The fourth-order valence-electron chi connectivity index (χ4n) is 2.51. The molecule has 0 atom stereocenters. The molecule has 0 radical (unpaired) electrons. The van der Waals surface area contributed by atoms with Gasteiger partial charge in [0.05, 0.1) is 24.4 Å². The zero-order chi connectivity index (χ0) is 18.0.